The van der Waals surface area contributed by atoms with Crippen molar-refractivity contribution in [3.05, 3.63) is 46.9 Å². The van der Waals surface area contributed by atoms with Crippen molar-refractivity contribution in [1.29, 1.82) is 0 Å². The first-order valence-electron chi connectivity index (χ1n) is 10.2. The first-order chi connectivity index (χ1) is 14.0. The number of nitrogens with one attached hydrogen (secondary N) is 2. The molecule has 0 saturated carbocycles. The summed E-state index contributed by atoms with van der Waals surface area (Å²) in [6, 6.07) is 8.80. The normalized spacial score (nSPS) is 31.6. The lowest BCUT2D eigenvalue weighted by atomic mass is 9.95. The van der Waals surface area contributed by atoms with Crippen LogP contribution in [0.5, 0.6) is 0 Å². The van der Waals surface area contributed by atoms with Crippen molar-refractivity contribution in [2.45, 2.75) is 44.1 Å². The van der Waals surface area contributed by atoms with Gasteiger partial charge in [0.2, 0.25) is 0 Å². The average Bonchev–Trinajstić information content (AvgIpc) is 3.17. The van der Waals surface area contributed by atoms with E-state index in [0.717, 1.165) is 44.1 Å². The standard InChI is InChI=1S/C20H31ClN6O2/c1-14-10-26(17(13-29-14)9-15-3-5-16(21)6-4-15)18-7-8-25(11-19(18)28-2)27-12-20(22)23-24-27/h3-6,12,14,17-19,23-24H,7-11,13,22H2,1-2H3/t14-,17-,18-,19-/m0/s1. The highest BCUT2D eigenvalue weighted by atomic mass is 35.5. The smallest absolute Gasteiger partial charge is 0.132 e. The van der Waals surface area contributed by atoms with E-state index in [9.17, 15) is 0 Å². The summed E-state index contributed by atoms with van der Waals surface area (Å²) in [5.74, 6) is 0.603. The Balaban J connectivity index is 1.46. The summed E-state index contributed by atoms with van der Waals surface area (Å²) in [4.78, 5) is 2.61. The van der Waals surface area contributed by atoms with Gasteiger partial charge in [-0.1, -0.05) is 23.7 Å². The van der Waals surface area contributed by atoms with Gasteiger partial charge in [0, 0.05) is 43.9 Å². The highest BCUT2D eigenvalue weighted by molar-refractivity contribution is 6.30. The van der Waals surface area contributed by atoms with Crippen LogP contribution in [0.15, 0.2) is 36.3 Å². The number of hydrogen-bond acceptors (Lipinski definition) is 8. The van der Waals surface area contributed by atoms with E-state index in [2.05, 4.69) is 39.9 Å². The largest absolute Gasteiger partial charge is 0.383 e. The predicted octanol–water partition coefficient (Wildman–Crippen LogP) is 1.06. The maximum Gasteiger partial charge on any atom is 0.132 e. The monoisotopic (exact) mass is 422 g/mol. The van der Waals surface area contributed by atoms with E-state index in [0.29, 0.717) is 17.9 Å². The fourth-order valence-electron chi connectivity index (χ4n) is 4.51. The Morgan fingerprint density at radius 2 is 2.07 bits per heavy atom. The van der Waals surface area contributed by atoms with Gasteiger partial charge in [-0.3, -0.25) is 10.3 Å². The molecule has 0 bridgehead atoms. The minimum atomic E-state index is 0.0961. The summed E-state index contributed by atoms with van der Waals surface area (Å²) in [5, 5.41) is 4.89. The van der Waals surface area contributed by atoms with E-state index in [1.54, 1.807) is 7.11 Å². The van der Waals surface area contributed by atoms with Crippen LogP contribution in [0.2, 0.25) is 5.02 Å². The van der Waals surface area contributed by atoms with Crippen LogP contribution in [-0.4, -0.2) is 72.7 Å². The number of hydrogen-bond donors (Lipinski definition) is 3. The van der Waals surface area contributed by atoms with E-state index in [1.807, 2.05) is 23.5 Å². The summed E-state index contributed by atoms with van der Waals surface area (Å²) in [6.45, 7) is 5.51. The molecule has 4 rings (SSSR count). The Labute approximate surface area is 177 Å². The molecule has 0 spiro atoms. The van der Waals surface area contributed by atoms with Gasteiger partial charge < -0.3 is 15.2 Å². The topological polar surface area (TPSA) is 78.3 Å². The number of nitrogens with two attached hydrogens (primary N) is 1. The second-order valence-corrected chi connectivity index (χ2v) is 8.47. The molecule has 3 aliphatic heterocycles. The van der Waals surface area contributed by atoms with E-state index < -0.39 is 0 Å². The molecular formula is C20H31ClN6O2. The van der Waals surface area contributed by atoms with Crippen molar-refractivity contribution in [1.82, 2.24) is 26.0 Å². The molecule has 3 aliphatic rings. The zero-order chi connectivity index (χ0) is 20.4. The minimum absolute atomic E-state index is 0.0961. The van der Waals surface area contributed by atoms with Gasteiger partial charge in [-0.25, -0.2) is 10.1 Å². The third-order valence-corrected chi connectivity index (χ3v) is 6.26. The van der Waals surface area contributed by atoms with Gasteiger partial charge in [-0.05, 0) is 37.5 Å². The van der Waals surface area contributed by atoms with Gasteiger partial charge in [0.1, 0.15) is 5.82 Å². The van der Waals surface area contributed by atoms with Gasteiger partial charge in [-0.2, -0.15) is 0 Å². The molecule has 160 valence electrons. The van der Waals surface area contributed by atoms with Crippen LogP contribution in [0.25, 0.3) is 0 Å². The summed E-state index contributed by atoms with van der Waals surface area (Å²) in [7, 11) is 1.80. The third kappa shape index (κ3) is 4.79. The van der Waals surface area contributed by atoms with Crippen LogP contribution >= 0.6 is 11.6 Å². The maximum atomic E-state index is 6.06. The van der Waals surface area contributed by atoms with E-state index in [4.69, 9.17) is 26.8 Å². The van der Waals surface area contributed by atoms with Gasteiger partial charge in [0.25, 0.3) is 0 Å². The Morgan fingerprint density at radius 3 is 2.76 bits per heavy atom. The molecule has 3 heterocycles. The zero-order valence-corrected chi connectivity index (χ0v) is 17.8. The Kier molecular flexibility index (Phi) is 6.48. The molecular weight excluding hydrogens is 392 g/mol. The molecule has 1 aromatic carbocycles. The Bertz CT molecular complexity index is 717. The summed E-state index contributed by atoms with van der Waals surface area (Å²) in [5.41, 5.74) is 13.1. The van der Waals surface area contributed by atoms with Crippen LogP contribution in [0.4, 0.5) is 0 Å². The first kappa shape index (κ1) is 20.7. The van der Waals surface area contributed by atoms with Crippen LogP contribution in [0.3, 0.4) is 0 Å². The highest BCUT2D eigenvalue weighted by Gasteiger charge is 2.40. The number of benzene rings is 1. The fourth-order valence-corrected chi connectivity index (χ4v) is 4.64. The molecule has 8 nitrogen and oxygen atoms in total. The number of nitrogens with zero attached hydrogens (tertiary/aromatic N) is 3. The van der Waals surface area contributed by atoms with Crippen LogP contribution in [0, 0.1) is 0 Å². The second-order valence-electron chi connectivity index (χ2n) is 8.03. The van der Waals surface area contributed by atoms with Crippen molar-refractivity contribution < 1.29 is 9.47 Å². The maximum absolute atomic E-state index is 6.06. The van der Waals surface area contributed by atoms with Crippen molar-refractivity contribution >= 4 is 11.6 Å². The number of halogens is 1. The molecule has 1 aromatic rings. The minimum Gasteiger partial charge on any atom is -0.383 e. The van der Waals surface area contributed by atoms with Crippen LogP contribution in [0.1, 0.15) is 18.9 Å². The predicted molar refractivity (Wildman–Crippen MR) is 112 cm³/mol. The molecule has 0 aliphatic carbocycles. The molecule has 2 fully saturated rings. The first-order valence-corrected chi connectivity index (χ1v) is 10.6. The van der Waals surface area contributed by atoms with Crippen molar-refractivity contribution in [3.63, 3.8) is 0 Å². The SMILES string of the molecule is CO[C@H]1CN(N2C=C(N)NN2)CC[C@@H]1N1C[C@H](C)OC[C@@H]1Cc1ccc(Cl)cc1. The summed E-state index contributed by atoms with van der Waals surface area (Å²) < 4.78 is 12.0. The average molecular weight is 423 g/mol. The number of ether oxygens (including phenoxy) is 2. The van der Waals surface area contributed by atoms with Gasteiger partial charge in [0.05, 0.1) is 25.0 Å². The fraction of sp³-hybridized carbons (Fsp3) is 0.600. The highest BCUT2D eigenvalue weighted by Crippen LogP contribution is 2.27. The second kappa shape index (κ2) is 9.07. The quantitative estimate of drug-likeness (QED) is 0.650. The lowest BCUT2D eigenvalue weighted by Gasteiger charge is -2.49. The molecule has 29 heavy (non-hydrogen) atoms. The lowest BCUT2D eigenvalue weighted by Crippen LogP contribution is -2.64. The Hall–Kier alpha value is -1.55. The summed E-state index contributed by atoms with van der Waals surface area (Å²) in [6.07, 6.45) is 4.12. The van der Waals surface area contributed by atoms with Crippen molar-refractivity contribution in [2.75, 3.05) is 33.4 Å². The lowest BCUT2D eigenvalue weighted by molar-refractivity contribution is -0.144. The van der Waals surface area contributed by atoms with Crippen molar-refractivity contribution in [3.8, 4) is 0 Å². The Morgan fingerprint density at radius 1 is 1.28 bits per heavy atom. The number of piperidine rings is 1. The number of hydrazine groups is 3. The molecule has 4 atom stereocenters. The van der Waals surface area contributed by atoms with Crippen LogP contribution < -0.4 is 16.7 Å². The van der Waals surface area contributed by atoms with Crippen LogP contribution in [-0.2, 0) is 15.9 Å². The van der Waals surface area contributed by atoms with Gasteiger partial charge >= 0.3 is 0 Å². The van der Waals surface area contributed by atoms with Gasteiger partial charge in [0.15, 0.2) is 0 Å². The van der Waals surface area contributed by atoms with Gasteiger partial charge in [-0.15, -0.1) is 5.53 Å². The third-order valence-electron chi connectivity index (χ3n) is 6.01. The molecule has 0 aromatic heterocycles. The van der Waals surface area contributed by atoms with Crippen molar-refractivity contribution in [2.24, 2.45) is 5.73 Å². The molecule has 9 heteroatoms. The number of rotatable bonds is 5. The molecule has 2 saturated heterocycles. The summed E-state index contributed by atoms with van der Waals surface area (Å²) >= 11 is 6.06. The van der Waals surface area contributed by atoms with E-state index in [-0.39, 0.29) is 12.2 Å². The number of morpholine rings is 1. The van der Waals surface area contributed by atoms with E-state index >= 15 is 0 Å². The molecule has 0 amide bonds. The molecule has 0 radical (unpaired) electrons. The zero-order valence-electron chi connectivity index (χ0n) is 17.1. The molecule has 4 N–H and O–H groups in total. The molecule has 0 unspecified atom stereocenters. The number of methoxy groups -OCH3 is 1. The van der Waals surface area contributed by atoms with E-state index in [1.165, 1.54) is 5.56 Å².